The SMILES string of the molecule is O=C(CCSc1ccccc1Cl)OCCN1C(=O)c2ccccc2C1=O. The van der Waals surface area contributed by atoms with Crippen LogP contribution in [0.3, 0.4) is 0 Å². The van der Waals surface area contributed by atoms with Crippen LogP contribution in [0.5, 0.6) is 0 Å². The molecule has 0 fully saturated rings. The predicted octanol–water partition coefficient (Wildman–Crippen LogP) is 3.66. The van der Waals surface area contributed by atoms with E-state index in [1.807, 2.05) is 18.2 Å². The minimum absolute atomic E-state index is 0.0128. The molecule has 0 unspecified atom stereocenters. The summed E-state index contributed by atoms with van der Waals surface area (Å²) in [7, 11) is 0. The molecule has 0 saturated heterocycles. The summed E-state index contributed by atoms with van der Waals surface area (Å²) in [6.45, 7) is 0.0385. The highest BCUT2D eigenvalue weighted by atomic mass is 35.5. The van der Waals surface area contributed by atoms with Gasteiger partial charge in [-0.2, -0.15) is 0 Å². The van der Waals surface area contributed by atoms with Crippen molar-refractivity contribution in [2.45, 2.75) is 11.3 Å². The summed E-state index contributed by atoms with van der Waals surface area (Å²) < 4.78 is 5.14. The van der Waals surface area contributed by atoms with Crippen molar-refractivity contribution in [3.63, 3.8) is 0 Å². The smallest absolute Gasteiger partial charge is 0.306 e. The van der Waals surface area contributed by atoms with Crippen LogP contribution in [-0.2, 0) is 9.53 Å². The normalized spacial score (nSPS) is 13.0. The number of carbonyl (C=O) groups is 3. The molecule has 0 atom stereocenters. The largest absolute Gasteiger partial charge is 0.464 e. The fourth-order valence-corrected chi connectivity index (χ4v) is 3.74. The van der Waals surface area contributed by atoms with Crippen LogP contribution in [-0.4, -0.2) is 41.6 Å². The molecular formula is C19H16ClNO4S. The molecule has 0 bridgehead atoms. The van der Waals surface area contributed by atoms with E-state index in [1.165, 1.54) is 11.8 Å². The molecule has 2 aromatic carbocycles. The van der Waals surface area contributed by atoms with Crippen molar-refractivity contribution in [2.75, 3.05) is 18.9 Å². The lowest BCUT2D eigenvalue weighted by Gasteiger charge is -2.13. The van der Waals surface area contributed by atoms with Crippen molar-refractivity contribution in [1.82, 2.24) is 4.90 Å². The number of esters is 1. The lowest BCUT2D eigenvalue weighted by Crippen LogP contribution is -2.33. The maximum absolute atomic E-state index is 12.2. The fourth-order valence-electron chi connectivity index (χ4n) is 2.57. The molecule has 2 aromatic rings. The average molecular weight is 390 g/mol. The van der Waals surface area contributed by atoms with Crippen LogP contribution in [0.4, 0.5) is 0 Å². The Kier molecular flexibility index (Phi) is 5.96. The third-order valence-corrected chi connectivity index (χ3v) is 5.37. The van der Waals surface area contributed by atoms with Crippen LogP contribution in [0.15, 0.2) is 53.4 Å². The van der Waals surface area contributed by atoms with Gasteiger partial charge in [-0.1, -0.05) is 35.9 Å². The number of rotatable bonds is 7. The molecule has 0 aliphatic carbocycles. The van der Waals surface area contributed by atoms with E-state index in [2.05, 4.69) is 0 Å². The molecule has 1 aliphatic heterocycles. The van der Waals surface area contributed by atoms with Gasteiger partial charge >= 0.3 is 5.97 Å². The van der Waals surface area contributed by atoms with Crippen molar-refractivity contribution in [1.29, 1.82) is 0 Å². The number of nitrogens with zero attached hydrogens (tertiary/aromatic N) is 1. The highest BCUT2D eigenvalue weighted by Gasteiger charge is 2.34. The van der Waals surface area contributed by atoms with Gasteiger partial charge in [0.15, 0.2) is 0 Å². The van der Waals surface area contributed by atoms with E-state index >= 15 is 0 Å². The number of benzene rings is 2. The van der Waals surface area contributed by atoms with Crippen LogP contribution >= 0.6 is 23.4 Å². The van der Waals surface area contributed by atoms with Gasteiger partial charge in [0.2, 0.25) is 0 Å². The standard InChI is InChI=1S/C19H16ClNO4S/c20-15-7-3-4-8-16(15)26-12-9-17(22)25-11-10-21-18(23)13-5-1-2-6-14(13)19(21)24/h1-8H,9-12H2. The average Bonchev–Trinajstić information content (AvgIpc) is 2.88. The molecule has 7 heteroatoms. The molecule has 5 nitrogen and oxygen atoms in total. The van der Waals surface area contributed by atoms with Gasteiger partial charge in [-0.3, -0.25) is 19.3 Å². The molecule has 0 aromatic heterocycles. The molecule has 0 N–H and O–H groups in total. The van der Waals surface area contributed by atoms with Crippen LogP contribution in [0.2, 0.25) is 5.02 Å². The summed E-state index contributed by atoms with van der Waals surface area (Å²) in [5.41, 5.74) is 0.778. The monoisotopic (exact) mass is 389 g/mol. The molecule has 3 rings (SSSR count). The minimum Gasteiger partial charge on any atom is -0.464 e. The van der Waals surface area contributed by atoms with Gasteiger partial charge in [-0.05, 0) is 24.3 Å². The number of imide groups is 1. The van der Waals surface area contributed by atoms with Crippen molar-refractivity contribution < 1.29 is 19.1 Å². The number of ether oxygens (including phenoxy) is 1. The maximum Gasteiger partial charge on any atom is 0.306 e. The third kappa shape index (κ3) is 4.08. The molecule has 1 heterocycles. The quantitative estimate of drug-likeness (QED) is 0.411. The van der Waals surface area contributed by atoms with E-state index in [1.54, 1.807) is 30.3 Å². The Morgan fingerprint density at radius 3 is 2.27 bits per heavy atom. The molecule has 0 saturated carbocycles. The Hall–Kier alpha value is -2.31. The summed E-state index contributed by atoms with van der Waals surface area (Å²) >= 11 is 7.53. The Labute approximate surface area is 160 Å². The zero-order valence-electron chi connectivity index (χ0n) is 13.8. The molecule has 26 heavy (non-hydrogen) atoms. The topological polar surface area (TPSA) is 63.7 Å². The van der Waals surface area contributed by atoms with Crippen molar-refractivity contribution in [2.24, 2.45) is 0 Å². The summed E-state index contributed by atoms with van der Waals surface area (Å²) in [5.74, 6) is -0.539. The Morgan fingerprint density at radius 1 is 1.00 bits per heavy atom. The minimum atomic E-state index is -0.374. The molecular weight excluding hydrogens is 374 g/mol. The Bertz CT molecular complexity index is 820. The van der Waals surface area contributed by atoms with Gasteiger partial charge in [0, 0.05) is 10.6 Å². The highest BCUT2D eigenvalue weighted by Crippen LogP contribution is 2.27. The van der Waals surface area contributed by atoms with Crippen molar-refractivity contribution in [3.8, 4) is 0 Å². The van der Waals surface area contributed by atoms with E-state index in [9.17, 15) is 14.4 Å². The first-order valence-corrected chi connectivity index (χ1v) is 9.42. The second-order valence-corrected chi connectivity index (χ2v) is 7.10. The fraction of sp³-hybridized carbons (Fsp3) is 0.211. The van der Waals surface area contributed by atoms with Gasteiger partial charge in [-0.15, -0.1) is 11.8 Å². The van der Waals surface area contributed by atoms with Crippen LogP contribution in [0.25, 0.3) is 0 Å². The van der Waals surface area contributed by atoms with Crippen molar-refractivity contribution >= 4 is 41.1 Å². The second-order valence-electron chi connectivity index (χ2n) is 5.56. The first-order chi connectivity index (χ1) is 12.6. The van der Waals surface area contributed by atoms with E-state index < -0.39 is 0 Å². The zero-order chi connectivity index (χ0) is 18.5. The van der Waals surface area contributed by atoms with Crippen LogP contribution in [0.1, 0.15) is 27.1 Å². The molecule has 1 aliphatic rings. The van der Waals surface area contributed by atoms with E-state index in [4.69, 9.17) is 16.3 Å². The van der Waals surface area contributed by atoms with E-state index in [-0.39, 0.29) is 37.4 Å². The summed E-state index contributed by atoms with van der Waals surface area (Å²) in [4.78, 5) is 38.2. The first-order valence-electron chi connectivity index (χ1n) is 8.06. The third-order valence-electron chi connectivity index (χ3n) is 3.86. The Balaban J connectivity index is 1.41. The number of carbonyl (C=O) groups excluding carboxylic acids is 3. The lowest BCUT2D eigenvalue weighted by atomic mass is 10.1. The van der Waals surface area contributed by atoms with Crippen LogP contribution in [0, 0.1) is 0 Å². The molecule has 2 amide bonds. The van der Waals surface area contributed by atoms with Crippen LogP contribution < -0.4 is 0 Å². The van der Waals surface area contributed by atoms with Crippen molar-refractivity contribution in [3.05, 3.63) is 64.7 Å². The Morgan fingerprint density at radius 2 is 1.62 bits per heavy atom. The first kappa shape index (κ1) is 18.5. The molecule has 0 radical (unpaired) electrons. The van der Waals surface area contributed by atoms with Gasteiger partial charge in [0.05, 0.1) is 29.1 Å². The van der Waals surface area contributed by atoms with Gasteiger partial charge in [-0.25, -0.2) is 0 Å². The van der Waals surface area contributed by atoms with E-state index in [0.717, 1.165) is 9.80 Å². The highest BCUT2D eigenvalue weighted by molar-refractivity contribution is 7.99. The second kappa shape index (κ2) is 8.38. The van der Waals surface area contributed by atoms with Gasteiger partial charge < -0.3 is 4.74 Å². The summed E-state index contributed by atoms with van der Waals surface area (Å²) in [6, 6.07) is 14.1. The van der Waals surface area contributed by atoms with Gasteiger partial charge in [0.1, 0.15) is 6.61 Å². The number of hydrogen-bond donors (Lipinski definition) is 0. The van der Waals surface area contributed by atoms with E-state index in [0.29, 0.717) is 21.9 Å². The number of hydrogen-bond acceptors (Lipinski definition) is 5. The molecule has 134 valence electrons. The number of fused-ring (bicyclic) bond motifs is 1. The predicted molar refractivity (Wildman–Crippen MR) is 99.6 cm³/mol. The zero-order valence-corrected chi connectivity index (χ0v) is 15.4. The molecule has 0 spiro atoms. The van der Waals surface area contributed by atoms with Gasteiger partial charge in [0.25, 0.3) is 11.8 Å². The number of halogens is 1. The summed E-state index contributed by atoms with van der Waals surface area (Å²) in [6.07, 6.45) is 0.220. The summed E-state index contributed by atoms with van der Waals surface area (Å²) in [5, 5.41) is 0.650. The lowest BCUT2D eigenvalue weighted by molar-refractivity contribution is -0.143. The maximum atomic E-state index is 12.2. The number of thioether (sulfide) groups is 1. The number of amides is 2.